The van der Waals surface area contributed by atoms with Gasteiger partial charge in [-0.05, 0) is 42.3 Å². The second kappa shape index (κ2) is 6.34. The van der Waals surface area contributed by atoms with E-state index >= 15 is 0 Å². The number of hydrogen-bond donors (Lipinski definition) is 3. The topological polar surface area (TPSA) is 98.2 Å². The van der Waals surface area contributed by atoms with Crippen molar-refractivity contribution in [3.05, 3.63) is 53.1 Å². The molecule has 2 rings (SSSR count). The van der Waals surface area contributed by atoms with Crippen molar-refractivity contribution in [3.63, 3.8) is 0 Å². The molecule has 0 atom stereocenters. The number of nitrogens with two attached hydrogens (primary N) is 2. The molecule has 0 fully saturated rings. The van der Waals surface area contributed by atoms with E-state index in [-0.39, 0.29) is 10.6 Å². The zero-order valence-corrected chi connectivity index (χ0v) is 12.8. The lowest BCUT2D eigenvalue weighted by Crippen LogP contribution is -2.14. The number of rotatable bonds is 5. The SMILES string of the molecule is Nc1cc(NCCc2ccc(Cl)cc2)ccc1S(N)(=O)=O. The van der Waals surface area contributed by atoms with E-state index in [1.807, 2.05) is 24.3 Å². The molecule has 0 saturated heterocycles. The Morgan fingerprint density at radius 2 is 1.76 bits per heavy atom. The van der Waals surface area contributed by atoms with E-state index in [4.69, 9.17) is 22.5 Å². The number of nitrogens with one attached hydrogen (secondary N) is 1. The molecule has 0 aliphatic heterocycles. The zero-order valence-electron chi connectivity index (χ0n) is 11.2. The molecule has 2 aromatic rings. The van der Waals surface area contributed by atoms with Crippen molar-refractivity contribution in [2.75, 3.05) is 17.6 Å². The fourth-order valence-electron chi connectivity index (χ4n) is 1.92. The Morgan fingerprint density at radius 1 is 1.10 bits per heavy atom. The average Bonchev–Trinajstić information content (AvgIpc) is 2.40. The maximum Gasteiger partial charge on any atom is 0.240 e. The summed E-state index contributed by atoms with van der Waals surface area (Å²) < 4.78 is 22.5. The van der Waals surface area contributed by atoms with Crippen LogP contribution in [0, 0.1) is 0 Å². The Hall–Kier alpha value is -1.76. The molecule has 21 heavy (non-hydrogen) atoms. The van der Waals surface area contributed by atoms with Crippen LogP contribution in [0.5, 0.6) is 0 Å². The van der Waals surface area contributed by atoms with Gasteiger partial charge in [0.25, 0.3) is 0 Å². The summed E-state index contributed by atoms with van der Waals surface area (Å²) in [5.41, 5.74) is 7.72. The van der Waals surface area contributed by atoms with Gasteiger partial charge in [0.2, 0.25) is 10.0 Å². The molecule has 0 bridgehead atoms. The largest absolute Gasteiger partial charge is 0.398 e. The molecule has 7 heteroatoms. The maximum absolute atomic E-state index is 11.3. The molecule has 0 spiro atoms. The van der Waals surface area contributed by atoms with Gasteiger partial charge < -0.3 is 11.1 Å². The highest BCUT2D eigenvalue weighted by molar-refractivity contribution is 7.89. The first-order valence-corrected chi connectivity index (χ1v) is 8.19. The Labute approximate surface area is 129 Å². The fraction of sp³-hybridized carbons (Fsp3) is 0.143. The third-order valence-electron chi connectivity index (χ3n) is 2.97. The van der Waals surface area contributed by atoms with Gasteiger partial charge in [-0.3, -0.25) is 0 Å². The third kappa shape index (κ3) is 4.35. The minimum absolute atomic E-state index is 0.0641. The van der Waals surface area contributed by atoms with Crippen LogP contribution in [0.3, 0.4) is 0 Å². The second-order valence-corrected chi connectivity index (χ2v) is 6.57. The van der Waals surface area contributed by atoms with Gasteiger partial charge in [-0.1, -0.05) is 23.7 Å². The first kappa shape index (κ1) is 15.6. The monoisotopic (exact) mass is 325 g/mol. The number of hydrogen-bond acceptors (Lipinski definition) is 4. The van der Waals surface area contributed by atoms with Gasteiger partial charge in [0, 0.05) is 17.3 Å². The van der Waals surface area contributed by atoms with Crippen molar-refractivity contribution in [1.29, 1.82) is 0 Å². The van der Waals surface area contributed by atoms with Crippen LogP contribution >= 0.6 is 11.6 Å². The normalized spacial score (nSPS) is 11.3. The third-order valence-corrected chi connectivity index (χ3v) is 4.21. The molecule has 2 aromatic carbocycles. The molecule has 112 valence electrons. The number of anilines is 2. The van der Waals surface area contributed by atoms with Crippen LogP contribution in [0.25, 0.3) is 0 Å². The van der Waals surface area contributed by atoms with E-state index in [1.165, 1.54) is 6.07 Å². The number of primary sulfonamides is 1. The summed E-state index contributed by atoms with van der Waals surface area (Å²) in [4.78, 5) is -0.0641. The standard InChI is InChI=1S/C14H16ClN3O2S/c15-11-3-1-10(2-4-11)7-8-18-12-5-6-14(13(16)9-12)21(17,19)20/h1-6,9,18H,7-8,16H2,(H2,17,19,20). The van der Waals surface area contributed by atoms with E-state index in [1.54, 1.807) is 12.1 Å². The van der Waals surface area contributed by atoms with Crippen molar-refractivity contribution in [3.8, 4) is 0 Å². The van der Waals surface area contributed by atoms with E-state index in [0.717, 1.165) is 17.7 Å². The quantitative estimate of drug-likeness (QED) is 0.734. The number of nitrogen functional groups attached to an aromatic ring is 1. The van der Waals surface area contributed by atoms with Crippen LogP contribution in [0.15, 0.2) is 47.4 Å². The lowest BCUT2D eigenvalue weighted by atomic mass is 10.1. The molecule has 0 aromatic heterocycles. The van der Waals surface area contributed by atoms with Crippen molar-refractivity contribution in [2.45, 2.75) is 11.3 Å². The molecule has 0 aliphatic carbocycles. The van der Waals surface area contributed by atoms with Crippen molar-refractivity contribution in [1.82, 2.24) is 0 Å². The molecule has 0 amide bonds. The summed E-state index contributed by atoms with van der Waals surface area (Å²) in [6, 6.07) is 12.2. The smallest absolute Gasteiger partial charge is 0.240 e. The van der Waals surface area contributed by atoms with E-state index < -0.39 is 10.0 Å². The van der Waals surface area contributed by atoms with Gasteiger partial charge in [0.05, 0.1) is 5.69 Å². The van der Waals surface area contributed by atoms with Crippen molar-refractivity contribution in [2.24, 2.45) is 5.14 Å². The molecule has 0 unspecified atom stereocenters. The predicted molar refractivity (Wildman–Crippen MR) is 85.9 cm³/mol. The van der Waals surface area contributed by atoms with Crippen LogP contribution < -0.4 is 16.2 Å². The summed E-state index contributed by atoms with van der Waals surface area (Å²) in [6.45, 7) is 0.690. The first-order chi connectivity index (χ1) is 9.86. The van der Waals surface area contributed by atoms with Crippen LogP contribution in [0.2, 0.25) is 5.02 Å². The van der Waals surface area contributed by atoms with E-state index in [0.29, 0.717) is 11.6 Å². The maximum atomic E-state index is 11.3. The van der Waals surface area contributed by atoms with Gasteiger partial charge in [-0.2, -0.15) is 0 Å². The fourth-order valence-corrected chi connectivity index (χ4v) is 2.69. The van der Waals surface area contributed by atoms with E-state index in [2.05, 4.69) is 5.32 Å². The Bertz CT molecular complexity index is 730. The highest BCUT2D eigenvalue weighted by Crippen LogP contribution is 2.21. The summed E-state index contributed by atoms with van der Waals surface area (Å²) >= 11 is 5.82. The molecule has 0 saturated carbocycles. The highest BCUT2D eigenvalue weighted by atomic mass is 35.5. The Morgan fingerprint density at radius 3 is 2.33 bits per heavy atom. The van der Waals surface area contributed by atoms with Gasteiger partial charge in [-0.15, -0.1) is 0 Å². The molecule has 5 nitrogen and oxygen atoms in total. The predicted octanol–water partition coefficient (Wildman–Crippen LogP) is 2.22. The lowest BCUT2D eigenvalue weighted by molar-refractivity contribution is 0.598. The Kier molecular flexibility index (Phi) is 4.72. The second-order valence-electron chi connectivity index (χ2n) is 4.60. The van der Waals surface area contributed by atoms with Gasteiger partial charge >= 0.3 is 0 Å². The minimum Gasteiger partial charge on any atom is -0.398 e. The molecule has 0 radical (unpaired) electrons. The number of sulfonamides is 1. The van der Waals surface area contributed by atoms with Crippen LogP contribution in [0.1, 0.15) is 5.56 Å². The summed E-state index contributed by atoms with van der Waals surface area (Å²) in [6.07, 6.45) is 0.814. The van der Waals surface area contributed by atoms with Gasteiger partial charge in [0.15, 0.2) is 0 Å². The van der Waals surface area contributed by atoms with Crippen molar-refractivity contribution >= 4 is 33.0 Å². The van der Waals surface area contributed by atoms with Crippen LogP contribution in [-0.2, 0) is 16.4 Å². The molecular formula is C14H16ClN3O2S. The first-order valence-electron chi connectivity index (χ1n) is 6.27. The minimum atomic E-state index is -3.78. The summed E-state index contributed by atoms with van der Waals surface area (Å²) in [5.74, 6) is 0. The zero-order chi connectivity index (χ0) is 15.5. The van der Waals surface area contributed by atoms with Gasteiger partial charge in [0.1, 0.15) is 4.90 Å². The Balaban J connectivity index is 1.98. The number of halogens is 1. The van der Waals surface area contributed by atoms with Crippen LogP contribution in [-0.4, -0.2) is 15.0 Å². The van der Waals surface area contributed by atoms with Crippen LogP contribution in [0.4, 0.5) is 11.4 Å². The van der Waals surface area contributed by atoms with E-state index in [9.17, 15) is 8.42 Å². The molecule has 0 aliphatic rings. The van der Waals surface area contributed by atoms with Crippen molar-refractivity contribution < 1.29 is 8.42 Å². The highest BCUT2D eigenvalue weighted by Gasteiger charge is 2.11. The average molecular weight is 326 g/mol. The van der Waals surface area contributed by atoms with Gasteiger partial charge in [-0.25, -0.2) is 13.6 Å². The molecule has 5 N–H and O–H groups in total. The lowest BCUT2D eigenvalue weighted by Gasteiger charge is -2.09. The summed E-state index contributed by atoms with van der Waals surface area (Å²) in [5, 5.41) is 8.94. The summed E-state index contributed by atoms with van der Waals surface area (Å²) in [7, 11) is -3.78. The molecule has 0 heterocycles. The number of benzene rings is 2. The molecular weight excluding hydrogens is 310 g/mol.